The quantitative estimate of drug-likeness (QED) is 0.446. The number of amides is 1. The molecule has 1 N–H and O–H groups in total. The third-order valence-corrected chi connectivity index (χ3v) is 7.34. The molecule has 1 aliphatic rings. The van der Waals surface area contributed by atoms with E-state index in [4.69, 9.17) is 21.4 Å². The van der Waals surface area contributed by atoms with Gasteiger partial charge < -0.3 is 15.0 Å². The molecule has 1 fully saturated rings. The van der Waals surface area contributed by atoms with Crippen LogP contribution < -0.4 is 5.32 Å². The molecule has 0 spiro atoms. The van der Waals surface area contributed by atoms with Crippen molar-refractivity contribution in [2.24, 2.45) is 0 Å². The Bertz CT molecular complexity index is 1130. The standard InChI is InChI=1S/C22H24ClN5O3S2/c1-3-10-31-22(30)27-8-6-15(7-9-27)19-14(2)20(24-11-16-4-5-18(23)33-16)28(26-19)21(29)17-12-32-13-25-17/h3-5,12-13,15,24H,1,6-11H2,2H3. The number of halogens is 1. The summed E-state index contributed by atoms with van der Waals surface area (Å²) in [6, 6.07) is 3.81. The smallest absolute Gasteiger partial charge is 0.410 e. The molecular formula is C22H24ClN5O3S2. The van der Waals surface area contributed by atoms with E-state index in [9.17, 15) is 9.59 Å². The molecule has 1 amide bonds. The SMILES string of the molecule is C=CCOC(=O)N1CCC(c2nn(C(=O)c3cscn3)c(NCc3ccc(Cl)s3)c2C)CC1. The molecule has 0 radical (unpaired) electrons. The Morgan fingerprint density at radius 3 is 2.79 bits per heavy atom. The van der Waals surface area contributed by atoms with E-state index in [0.717, 1.165) is 33.3 Å². The normalized spacial score (nSPS) is 14.3. The van der Waals surface area contributed by atoms with E-state index in [2.05, 4.69) is 16.9 Å². The van der Waals surface area contributed by atoms with E-state index in [0.29, 0.717) is 31.1 Å². The Morgan fingerprint density at radius 1 is 1.36 bits per heavy atom. The molecule has 0 saturated carbocycles. The Morgan fingerprint density at radius 2 is 2.15 bits per heavy atom. The molecule has 8 nitrogen and oxygen atoms in total. The van der Waals surface area contributed by atoms with Crippen molar-refractivity contribution in [2.75, 3.05) is 25.0 Å². The van der Waals surface area contributed by atoms with Gasteiger partial charge in [0.1, 0.15) is 18.1 Å². The number of hydrogen-bond donors (Lipinski definition) is 1. The fourth-order valence-electron chi connectivity index (χ4n) is 3.86. The zero-order valence-corrected chi connectivity index (χ0v) is 20.5. The minimum Gasteiger partial charge on any atom is -0.445 e. The first-order valence-corrected chi connectivity index (χ1v) is 12.6. The van der Waals surface area contributed by atoms with E-state index >= 15 is 0 Å². The molecule has 0 bridgehead atoms. The Labute approximate surface area is 204 Å². The molecular weight excluding hydrogens is 482 g/mol. The highest BCUT2D eigenvalue weighted by molar-refractivity contribution is 7.16. The highest BCUT2D eigenvalue weighted by Crippen LogP contribution is 2.34. The number of thiophene rings is 1. The predicted molar refractivity (Wildman–Crippen MR) is 131 cm³/mol. The van der Waals surface area contributed by atoms with Crippen LogP contribution in [0.3, 0.4) is 0 Å². The number of carbonyl (C=O) groups excluding carboxylic acids is 2. The van der Waals surface area contributed by atoms with Gasteiger partial charge in [-0.2, -0.15) is 9.78 Å². The molecule has 33 heavy (non-hydrogen) atoms. The maximum absolute atomic E-state index is 13.1. The van der Waals surface area contributed by atoms with Crippen molar-refractivity contribution in [3.8, 4) is 0 Å². The van der Waals surface area contributed by atoms with Crippen LogP contribution in [0, 0.1) is 6.92 Å². The van der Waals surface area contributed by atoms with E-state index in [1.807, 2.05) is 19.1 Å². The van der Waals surface area contributed by atoms with Gasteiger partial charge in [-0.1, -0.05) is 24.3 Å². The first-order valence-electron chi connectivity index (χ1n) is 10.5. The van der Waals surface area contributed by atoms with Crippen molar-refractivity contribution < 1.29 is 14.3 Å². The highest BCUT2D eigenvalue weighted by Gasteiger charge is 2.30. The number of hydrogen-bond acceptors (Lipinski definition) is 8. The largest absolute Gasteiger partial charge is 0.445 e. The third kappa shape index (κ3) is 5.29. The van der Waals surface area contributed by atoms with E-state index < -0.39 is 0 Å². The fourth-order valence-corrected chi connectivity index (χ4v) is 5.41. The second-order valence-corrected chi connectivity index (χ2v) is 10.2. The maximum atomic E-state index is 13.1. The molecule has 1 aliphatic heterocycles. The van der Waals surface area contributed by atoms with Gasteiger partial charge in [-0.3, -0.25) is 4.79 Å². The number of anilines is 1. The van der Waals surface area contributed by atoms with Crippen LogP contribution >= 0.6 is 34.3 Å². The summed E-state index contributed by atoms with van der Waals surface area (Å²) in [6.07, 6.45) is 2.71. The first-order chi connectivity index (χ1) is 16.0. The summed E-state index contributed by atoms with van der Waals surface area (Å²) in [7, 11) is 0. The lowest BCUT2D eigenvalue weighted by molar-refractivity contribution is 0.0942. The first kappa shape index (κ1) is 23.5. The monoisotopic (exact) mass is 505 g/mol. The van der Waals surface area contributed by atoms with Crippen molar-refractivity contribution in [3.05, 3.63) is 61.8 Å². The maximum Gasteiger partial charge on any atom is 0.410 e. The molecule has 3 aromatic heterocycles. The second-order valence-electron chi connectivity index (χ2n) is 7.64. The van der Waals surface area contributed by atoms with Crippen LogP contribution in [0.15, 0.2) is 35.7 Å². The summed E-state index contributed by atoms with van der Waals surface area (Å²) in [5.41, 5.74) is 3.78. The molecule has 0 unspecified atom stereocenters. The molecule has 11 heteroatoms. The highest BCUT2D eigenvalue weighted by atomic mass is 35.5. The van der Waals surface area contributed by atoms with Gasteiger partial charge >= 0.3 is 6.09 Å². The number of nitrogens with one attached hydrogen (secondary N) is 1. The Kier molecular flexibility index (Phi) is 7.46. The summed E-state index contributed by atoms with van der Waals surface area (Å²) in [6.45, 7) is 7.42. The third-order valence-electron chi connectivity index (χ3n) is 5.53. The number of aromatic nitrogens is 3. The van der Waals surface area contributed by atoms with E-state index in [1.165, 1.54) is 27.4 Å². The van der Waals surface area contributed by atoms with Crippen molar-refractivity contribution in [1.29, 1.82) is 0 Å². The molecule has 4 heterocycles. The minimum atomic E-state index is -0.328. The van der Waals surface area contributed by atoms with Gasteiger partial charge in [0.05, 0.1) is 22.1 Å². The topological polar surface area (TPSA) is 89.4 Å². The van der Waals surface area contributed by atoms with Gasteiger partial charge in [0.2, 0.25) is 0 Å². The zero-order valence-electron chi connectivity index (χ0n) is 18.1. The second kappa shape index (κ2) is 10.5. The van der Waals surface area contributed by atoms with Crippen LogP contribution in [0.25, 0.3) is 0 Å². The number of carbonyl (C=O) groups is 2. The van der Waals surface area contributed by atoms with Gasteiger partial charge in [-0.05, 0) is 31.9 Å². The van der Waals surface area contributed by atoms with Crippen molar-refractivity contribution in [1.82, 2.24) is 19.7 Å². The van der Waals surface area contributed by atoms with Gasteiger partial charge in [0.25, 0.3) is 5.91 Å². The number of nitrogens with zero attached hydrogens (tertiary/aromatic N) is 4. The number of thiazole rings is 1. The number of rotatable bonds is 7. The van der Waals surface area contributed by atoms with Gasteiger partial charge in [-0.25, -0.2) is 9.78 Å². The summed E-state index contributed by atoms with van der Waals surface area (Å²) < 4.78 is 7.28. The summed E-state index contributed by atoms with van der Waals surface area (Å²) >= 11 is 8.92. The molecule has 0 aliphatic carbocycles. The zero-order chi connectivity index (χ0) is 23.4. The molecule has 4 rings (SSSR count). The number of ether oxygens (including phenoxy) is 1. The number of piperidine rings is 1. The summed E-state index contributed by atoms with van der Waals surface area (Å²) in [5, 5.41) is 9.82. The minimum absolute atomic E-state index is 0.134. The average molecular weight is 506 g/mol. The summed E-state index contributed by atoms with van der Waals surface area (Å²) in [5.74, 6) is 0.512. The van der Waals surface area contributed by atoms with Crippen molar-refractivity contribution in [2.45, 2.75) is 32.2 Å². The Balaban J connectivity index is 1.55. The van der Waals surface area contributed by atoms with Gasteiger partial charge in [0.15, 0.2) is 0 Å². The van der Waals surface area contributed by atoms with Crippen LogP contribution in [-0.2, 0) is 11.3 Å². The van der Waals surface area contributed by atoms with Crippen LogP contribution in [0.4, 0.5) is 10.6 Å². The fraction of sp³-hybridized carbons (Fsp3) is 0.364. The summed E-state index contributed by atoms with van der Waals surface area (Å²) in [4.78, 5) is 32.2. The molecule has 3 aromatic rings. The Hall–Kier alpha value is -2.69. The van der Waals surface area contributed by atoms with E-state index in [1.54, 1.807) is 21.9 Å². The lowest BCUT2D eigenvalue weighted by Gasteiger charge is -2.30. The van der Waals surface area contributed by atoms with Crippen LogP contribution in [0.5, 0.6) is 0 Å². The van der Waals surface area contributed by atoms with Gasteiger partial charge in [-0.15, -0.1) is 22.7 Å². The van der Waals surface area contributed by atoms with Gasteiger partial charge in [0, 0.05) is 34.8 Å². The average Bonchev–Trinajstić information content (AvgIpc) is 3.57. The van der Waals surface area contributed by atoms with Crippen LogP contribution in [0.2, 0.25) is 4.34 Å². The van der Waals surface area contributed by atoms with Crippen molar-refractivity contribution >= 4 is 52.1 Å². The lowest BCUT2D eigenvalue weighted by Crippen LogP contribution is -2.38. The van der Waals surface area contributed by atoms with Crippen LogP contribution in [-0.4, -0.2) is 51.4 Å². The number of likely N-dealkylation sites (tertiary alicyclic amines) is 1. The lowest BCUT2D eigenvalue weighted by atomic mass is 9.91. The molecule has 1 saturated heterocycles. The molecule has 0 aromatic carbocycles. The molecule has 174 valence electrons. The molecule has 0 atom stereocenters. The predicted octanol–water partition coefficient (Wildman–Crippen LogP) is 5.17. The van der Waals surface area contributed by atoms with E-state index in [-0.39, 0.29) is 24.5 Å². The van der Waals surface area contributed by atoms with Crippen molar-refractivity contribution in [3.63, 3.8) is 0 Å². The van der Waals surface area contributed by atoms with Crippen LogP contribution in [0.1, 0.15) is 45.4 Å².